The molecule has 1 unspecified atom stereocenters. The molecule has 2 aliphatic heterocycles. The van der Waals surface area contributed by atoms with E-state index in [2.05, 4.69) is 6.07 Å². The first-order valence-electron chi connectivity index (χ1n) is 9.27. The molecule has 2 aromatic carbocycles. The number of hydrogen-bond acceptors (Lipinski definition) is 3. The Morgan fingerprint density at radius 3 is 2.59 bits per heavy atom. The number of nitrogens with zero attached hydrogens (tertiary/aromatic N) is 3. The third-order valence-electron chi connectivity index (χ3n) is 5.45. The smallest absolute Gasteiger partial charge is 0.320 e. The van der Waals surface area contributed by atoms with Crippen molar-refractivity contribution < 1.29 is 9.59 Å². The van der Waals surface area contributed by atoms with Crippen LogP contribution in [0.2, 0.25) is 0 Å². The summed E-state index contributed by atoms with van der Waals surface area (Å²) in [4.78, 5) is 30.4. The molecular weight excluding hydrogens is 340 g/mol. The summed E-state index contributed by atoms with van der Waals surface area (Å²) in [6, 6.07) is 16.0. The summed E-state index contributed by atoms with van der Waals surface area (Å²) < 4.78 is 0. The van der Waals surface area contributed by atoms with Crippen molar-refractivity contribution in [3.05, 3.63) is 59.7 Å². The second-order valence-corrected chi connectivity index (χ2v) is 7.24. The number of carbonyl (C=O) groups is 2. The predicted molar refractivity (Wildman–Crippen MR) is 104 cm³/mol. The Morgan fingerprint density at radius 1 is 1.07 bits per heavy atom. The van der Waals surface area contributed by atoms with Gasteiger partial charge >= 0.3 is 6.03 Å². The minimum absolute atomic E-state index is 0.0268. The highest BCUT2D eigenvalue weighted by Crippen LogP contribution is 2.23. The first kappa shape index (κ1) is 17.5. The first-order valence-corrected chi connectivity index (χ1v) is 9.27. The normalized spacial score (nSPS) is 19.4. The van der Waals surface area contributed by atoms with Crippen molar-refractivity contribution in [2.24, 2.45) is 5.73 Å². The molecule has 4 rings (SSSR count). The summed E-state index contributed by atoms with van der Waals surface area (Å²) in [5.41, 5.74) is 9.64. The van der Waals surface area contributed by atoms with E-state index in [0.717, 1.165) is 16.7 Å². The maximum absolute atomic E-state index is 12.9. The lowest BCUT2D eigenvalue weighted by Crippen LogP contribution is -2.53. The van der Waals surface area contributed by atoms with Crippen LogP contribution in [0.5, 0.6) is 0 Å². The van der Waals surface area contributed by atoms with Crippen molar-refractivity contribution in [2.45, 2.75) is 12.6 Å². The average Bonchev–Trinajstić information content (AvgIpc) is 3.00. The molecule has 0 aromatic heterocycles. The largest absolute Gasteiger partial charge is 0.335 e. The van der Waals surface area contributed by atoms with Crippen molar-refractivity contribution in [2.75, 3.05) is 33.2 Å². The molecule has 0 radical (unpaired) electrons. The van der Waals surface area contributed by atoms with E-state index in [1.807, 2.05) is 59.3 Å². The van der Waals surface area contributed by atoms with Gasteiger partial charge in [0.05, 0.1) is 6.04 Å². The van der Waals surface area contributed by atoms with E-state index in [0.29, 0.717) is 38.3 Å². The number of piperazine rings is 1. The van der Waals surface area contributed by atoms with Crippen molar-refractivity contribution in [1.82, 2.24) is 14.7 Å². The molecule has 2 fully saturated rings. The quantitative estimate of drug-likeness (QED) is 0.906. The Kier molecular flexibility index (Phi) is 4.58. The summed E-state index contributed by atoms with van der Waals surface area (Å²) >= 11 is 0. The van der Waals surface area contributed by atoms with E-state index < -0.39 is 0 Å². The zero-order valence-electron chi connectivity index (χ0n) is 15.5. The van der Waals surface area contributed by atoms with Crippen LogP contribution in [0, 0.1) is 0 Å². The molecule has 27 heavy (non-hydrogen) atoms. The second-order valence-electron chi connectivity index (χ2n) is 7.24. The molecule has 0 spiro atoms. The molecule has 2 saturated heterocycles. The van der Waals surface area contributed by atoms with E-state index in [9.17, 15) is 9.59 Å². The lowest BCUT2D eigenvalue weighted by Gasteiger charge is -2.36. The second kappa shape index (κ2) is 7.04. The van der Waals surface area contributed by atoms with Gasteiger partial charge in [0.15, 0.2) is 0 Å². The fourth-order valence-corrected chi connectivity index (χ4v) is 3.93. The van der Waals surface area contributed by atoms with Gasteiger partial charge < -0.3 is 20.4 Å². The fraction of sp³-hybridized carbons (Fsp3) is 0.333. The molecule has 2 aromatic rings. The Bertz CT molecular complexity index is 865. The van der Waals surface area contributed by atoms with Crippen molar-refractivity contribution in [1.29, 1.82) is 0 Å². The molecule has 2 N–H and O–H groups in total. The maximum Gasteiger partial charge on any atom is 0.320 e. The number of hydrogen-bond donors (Lipinski definition) is 1. The molecule has 140 valence electrons. The summed E-state index contributed by atoms with van der Waals surface area (Å²) in [6.07, 6.45) is 0. The molecule has 6 nitrogen and oxygen atoms in total. The third kappa shape index (κ3) is 3.28. The van der Waals surface area contributed by atoms with Crippen molar-refractivity contribution in [3.63, 3.8) is 0 Å². The van der Waals surface area contributed by atoms with Crippen LogP contribution >= 0.6 is 0 Å². The number of fused-ring (bicyclic) bond motifs is 1. The number of rotatable bonds is 3. The van der Waals surface area contributed by atoms with Gasteiger partial charge in [-0.05, 0) is 34.9 Å². The number of carbonyl (C=O) groups excluding carboxylic acids is 2. The summed E-state index contributed by atoms with van der Waals surface area (Å²) in [6.45, 7) is 2.96. The van der Waals surface area contributed by atoms with Crippen LogP contribution in [0.4, 0.5) is 4.79 Å². The molecule has 2 aliphatic rings. The Morgan fingerprint density at radius 2 is 1.85 bits per heavy atom. The molecular formula is C21H24N4O2. The minimum atomic E-state index is 0.0268. The minimum Gasteiger partial charge on any atom is -0.335 e. The number of benzene rings is 2. The summed E-state index contributed by atoms with van der Waals surface area (Å²) in [7, 11) is 1.81. The fourth-order valence-electron chi connectivity index (χ4n) is 3.93. The Labute approximate surface area is 159 Å². The molecule has 1 atom stereocenters. The SMILES string of the molecule is CN1CC2CN(C(=O)c3ccc(-c4cccc(CN)c4)cc3)CCN2C1=O. The monoisotopic (exact) mass is 364 g/mol. The highest BCUT2D eigenvalue weighted by molar-refractivity contribution is 5.95. The van der Waals surface area contributed by atoms with Crippen LogP contribution in [0.3, 0.4) is 0 Å². The van der Waals surface area contributed by atoms with Crippen molar-refractivity contribution in [3.8, 4) is 11.1 Å². The Hall–Kier alpha value is -2.86. The number of urea groups is 1. The zero-order chi connectivity index (χ0) is 19.0. The van der Waals surface area contributed by atoms with Gasteiger partial charge in [-0.2, -0.15) is 0 Å². The highest BCUT2D eigenvalue weighted by Gasteiger charge is 2.40. The molecule has 0 bridgehead atoms. The van der Waals surface area contributed by atoms with Gasteiger partial charge in [0.25, 0.3) is 5.91 Å². The van der Waals surface area contributed by atoms with E-state index in [1.54, 1.807) is 4.90 Å². The molecule has 2 heterocycles. The third-order valence-corrected chi connectivity index (χ3v) is 5.45. The van der Waals surface area contributed by atoms with Gasteiger partial charge in [-0.15, -0.1) is 0 Å². The predicted octanol–water partition coefficient (Wildman–Crippen LogP) is 2.00. The topological polar surface area (TPSA) is 69.9 Å². The van der Waals surface area contributed by atoms with Gasteiger partial charge in [0.1, 0.15) is 0 Å². The lowest BCUT2D eigenvalue weighted by molar-refractivity contribution is 0.0617. The average molecular weight is 364 g/mol. The van der Waals surface area contributed by atoms with Crippen LogP contribution in [-0.4, -0.2) is 65.9 Å². The molecule has 0 saturated carbocycles. The van der Waals surface area contributed by atoms with Gasteiger partial charge in [-0.3, -0.25) is 4.79 Å². The molecule has 0 aliphatic carbocycles. The first-order chi connectivity index (χ1) is 13.1. The van der Waals surface area contributed by atoms with E-state index in [-0.39, 0.29) is 18.0 Å². The van der Waals surface area contributed by atoms with Crippen molar-refractivity contribution >= 4 is 11.9 Å². The number of nitrogens with two attached hydrogens (primary N) is 1. The van der Waals surface area contributed by atoms with Crippen LogP contribution in [-0.2, 0) is 6.54 Å². The van der Waals surface area contributed by atoms with Crippen LogP contribution in [0.1, 0.15) is 15.9 Å². The highest BCUT2D eigenvalue weighted by atomic mass is 16.2. The zero-order valence-corrected chi connectivity index (χ0v) is 15.5. The Balaban J connectivity index is 1.47. The molecule has 3 amide bonds. The van der Waals surface area contributed by atoms with Gasteiger partial charge in [-0.25, -0.2) is 4.79 Å². The van der Waals surface area contributed by atoms with E-state index >= 15 is 0 Å². The number of amides is 3. The number of likely N-dealkylation sites (N-methyl/N-ethyl adjacent to an activating group) is 1. The summed E-state index contributed by atoms with van der Waals surface area (Å²) in [5, 5.41) is 0. The van der Waals surface area contributed by atoms with Crippen LogP contribution < -0.4 is 5.73 Å². The van der Waals surface area contributed by atoms with Gasteiger partial charge in [0, 0.05) is 45.3 Å². The van der Waals surface area contributed by atoms with E-state index in [4.69, 9.17) is 5.73 Å². The standard InChI is InChI=1S/C21H24N4O2/c1-23-13-19-14-24(9-10-25(19)21(23)27)20(26)17-7-5-16(6-8-17)18-4-2-3-15(11-18)12-22/h2-8,11,19H,9-10,12-14,22H2,1H3. The molecule has 6 heteroatoms. The lowest BCUT2D eigenvalue weighted by atomic mass is 10.0. The van der Waals surface area contributed by atoms with Gasteiger partial charge in [0.2, 0.25) is 0 Å². The maximum atomic E-state index is 12.9. The van der Waals surface area contributed by atoms with Crippen LogP contribution in [0.25, 0.3) is 11.1 Å². The summed E-state index contributed by atoms with van der Waals surface area (Å²) in [5.74, 6) is 0.0268. The van der Waals surface area contributed by atoms with E-state index in [1.165, 1.54) is 0 Å². The van der Waals surface area contributed by atoms with Gasteiger partial charge in [-0.1, -0.05) is 30.3 Å². The van der Waals surface area contributed by atoms with Crippen LogP contribution in [0.15, 0.2) is 48.5 Å².